The van der Waals surface area contributed by atoms with Crippen LogP contribution in [0.2, 0.25) is 0 Å². The van der Waals surface area contributed by atoms with Gasteiger partial charge in [-0.1, -0.05) is 0 Å². The number of hydrogen-bond acceptors (Lipinski definition) is 8. The van der Waals surface area contributed by atoms with Gasteiger partial charge in [0.1, 0.15) is 36.1 Å². The van der Waals surface area contributed by atoms with Crippen molar-refractivity contribution < 1.29 is 19.1 Å². The van der Waals surface area contributed by atoms with Gasteiger partial charge in [0.2, 0.25) is 5.88 Å². The monoisotopic (exact) mass is 639 g/mol. The van der Waals surface area contributed by atoms with Gasteiger partial charge in [0, 0.05) is 49.0 Å². The summed E-state index contributed by atoms with van der Waals surface area (Å²) in [6.07, 6.45) is 10.5. The van der Waals surface area contributed by atoms with Crippen molar-refractivity contribution in [2.45, 2.75) is 78.1 Å². The predicted molar refractivity (Wildman–Crippen MR) is 175 cm³/mol. The number of aromatic nitrogens is 7. The second kappa shape index (κ2) is 12.3. The molecule has 1 N–H and O–H groups in total. The fourth-order valence-corrected chi connectivity index (χ4v) is 6.30. The molecule has 1 saturated carbocycles. The molecule has 0 bridgehead atoms. The first-order valence-electron chi connectivity index (χ1n) is 16.3. The molecule has 0 spiro atoms. The Balaban J connectivity index is 1.15. The summed E-state index contributed by atoms with van der Waals surface area (Å²) in [4.78, 5) is 32.4. The van der Waals surface area contributed by atoms with Gasteiger partial charge in [-0.2, -0.15) is 5.10 Å². The molecule has 246 valence electrons. The first kappa shape index (κ1) is 30.7. The molecule has 6 heterocycles. The summed E-state index contributed by atoms with van der Waals surface area (Å²) in [6, 6.07) is 7.85. The maximum absolute atomic E-state index is 13.7. The third-order valence-corrected chi connectivity index (χ3v) is 8.76. The number of alkyl carbamates (subject to hydrolysis) is 1. The number of fused-ring (bicyclic) bond motifs is 2. The number of carbonyl (C=O) groups excluding carboxylic acids is 2. The van der Waals surface area contributed by atoms with E-state index in [1.807, 2.05) is 54.2 Å². The van der Waals surface area contributed by atoms with E-state index in [9.17, 15) is 9.59 Å². The molecular weight excluding hydrogens is 598 g/mol. The Morgan fingerprint density at radius 1 is 1.09 bits per heavy atom. The molecule has 0 radical (unpaired) electrons. The van der Waals surface area contributed by atoms with Gasteiger partial charge in [0.05, 0.1) is 23.3 Å². The highest BCUT2D eigenvalue weighted by Gasteiger charge is 2.29. The second-order valence-electron chi connectivity index (χ2n) is 13.6. The van der Waals surface area contributed by atoms with E-state index >= 15 is 0 Å². The van der Waals surface area contributed by atoms with Crippen LogP contribution < -0.4 is 10.1 Å². The summed E-state index contributed by atoms with van der Waals surface area (Å²) in [5.41, 5.74) is 4.77. The standard InChI is InChI=1S/C34H41N9O4/c1-22-27-10-9-25(32(44)41-13-5-6-26(19-41)38-33(45)47-34(2,3)4)18-43(27)39-29(22)28-16-24-11-12-35-31(30(24)42(28)17-23-7-8-23)46-15-14-40-20-36-37-21-40/h9-12,16,18,20-21,23,26H,5-8,13-15,17,19H2,1-4H3,(H,38,45). The maximum Gasteiger partial charge on any atom is 0.407 e. The Kier molecular flexibility index (Phi) is 8.06. The van der Waals surface area contributed by atoms with Crippen molar-refractivity contribution in [3.8, 4) is 17.3 Å². The summed E-state index contributed by atoms with van der Waals surface area (Å²) >= 11 is 0. The molecule has 5 aromatic rings. The summed E-state index contributed by atoms with van der Waals surface area (Å²) in [7, 11) is 0. The Labute approximate surface area is 272 Å². The van der Waals surface area contributed by atoms with Gasteiger partial charge in [0.15, 0.2) is 0 Å². The van der Waals surface area contributed by atoms with E-state index in [1.165, 1.54) is 12.8 Å². The number of hydrogen-bond donors (Lipinski definition) is 1. The van der Waals surface area contributed by atoms with Crippen LogP contribution in [-0.2, 0) is 17.8 Å². The highest BCUT2D eigenvalue weighted by Crippen LogP contribution is 2.39. The van der Waals surface area contributed by atoms with E-state index in [-0.39, 0.29) is 11.9 Å². The van der Waals surface area contributed by atoms with Crippen molar-refractivity contribution in [2.24, 2.45) is 5.92 Å². The van der Waals surface area contributed by atoms with Crippen LogP contribution in [0, 0.1) is 12.8 Å². The number of likely N-dealkylation sites (tertiary alicyclic amines) is 1. The highest BCUT2D eigenvalue weighted by atomic mass is 16.6. The molecule has 1 saturated heterocycles. The van der Waals surface area contributed by atoms with Crippen LogP contribution in [0.1, 0.15) is 62.4 Å². The van der Waals surface area contributed by atoms with Crippen molar-refractivity contribution in [1.82, 2.24) is 44.1 Å². The Hall–Kier alpha value is -4.94. The number of piperidine rings is 1. The minimum atomic E-state index is -0.580. The summed E-state index contributed by atoms with van der Waals surface area (Å²) < 4.78 is 17.6. The van der Waals surface area contributed by atoms with Crippen molar-refractivity contribution in [3.05, 3.63) is 60.4 Å². The SMILES string of the molecule is Cc1c(-c2cc3ccnc(OCCn4cnnc4)c3n2CC2CC2)nn2cc(C(=O)N3CCCC(NC(=O)OC(C)(C)C)C3)ccc12. The van der Waals surface area contributed by atoms with Crippen molar-refractivity contribution >= 4 is 28.4 Å². The van der Waals surface area contributed by atoms with Gasteiger partial charge in [0.25, 0.3) is 5.91 Å². The molecule has 2 aliphatic rings. The molecule has 47 heavy (non-hydrogen) atoms. The van der Waals surface area contributed by atoms with E-state index in [2.05, 4.69) is 38.1 Å². The van der Waals surface area contributed by atoms with Crippen molar-refractivity contribution in [3.63, 3.8) is 0 Å². The quantitative estimate of drug-likeness (QED) is 0.242. The molecule has 2 fully saturated rings. The minimum Gasteiger partial charge on any atom is -0.474 e. The Bertz CT molecular complexity index is 1920. The molecular formula is C34H41N9O4. The lowest BCUT2D eigenvalue weighted by atomic mass is 10.0. The van der Waals surface area contributed by atoms with E-state index < -0.39 is 11.7 Å². The van der Waals surface area contributed by atoms with Crippen molar-refractivity contribution in [2.75, 3.05) is 19.7 Å². The van der Waals surface area contributed by atoms with Gasteiger partial charge >= 0.3 is 6.09 Å². The fraction of sp³-hybridized carbons (Fsp3) is 0.471. The van der Waals surface area contributed by atoms with Crippen LogP contribution in [0.4, 0.5) is 4.79 Å². The lowest BCUT2D eigenvalue weighted by Crippen LogP contribution is -2.50. The zero-order valence-corrected chi connectivity index (χ0v) is 27.3. The normalized spacial score (nSPS) is 16.9. The summed E-state index contributed by atoms with van der Waals surface area (Å²) in [6.45, 7) is 10.6. The number of aryl methyl sites for hydroxylation is 1. The van der Waals surface area contributed by atoms with Crippen LogP contribution in [0.5, 0.6) is 5.88 Å². The molecule has 5 aromatic heterocycles. The first-order chi connectivity index (χ1) is 22.6. The lowest BCUT2D eigenvalue weighted by molar-refractivity contribution is 0.0452. The molecule has 1 aliphatic heterocycles. The topological polar surface area (TPSA) is 134 Å². The molecule has 1 atom stereocenters. The van der Waals surface area contributed by atoms with Crippen LogP contribution >= 0.6 is 0 Å². The smallest absolute Gasteiger partial charge is 0.407 e. The molecule has 13 heteroatoms. The van der Waals surface area contributed by atoms with Gasteiger partial charge in [-0.3, -0.25) is 4.79 Å². The van der Waals surface area contributed by atoms with E-state index in [1.54, 1.807) is 23.8 Å². The van der Waals surface area contributed by atoms with E-state index in [4.69, 9.17) is 14.6 Å². The third kappa shape index (κ3) is 6.65. The van der Waals surface area contributed by atoms with Gasteiger partial charge in [-0.05, 0) is 83.6 Å². The molecule has 13 nitrogen and oxygen atoms in total. The fourth-order valence-electron chi connectivity index (χ4n) is 6.30. The zero-order valence-electron chi connectivity index (χ0n) is 27.3. The first-order valence-corrected chi connectivity index (χ1v) is 16.3. The number of rotatable bonds is 9. The lowest BCUT2D eigenvalue weighted by Gasteiger charge is -2.33. The van der Waals surface area contributed by atoms with Crippen LogP contribution in [0.25, 0.3) is 27.8 Å². The van der Waals surface area contributed by atoms with E-state index in [0.717, 1.165) is 52.8 Å². The van der Waals surface area contributed by atoms with Crippen LogP contribution in [0.15, 0.2) is 49.3 Å². The molecule has 1 aliphatic carbocycles. The summed E-state index contributed by atoms with van der Waals surface area (Å²) in [5, 5.41) is 16.7. The third-order valence-electron chi connectivity index (χ3n) is 8.76. The molecule has 0 aromatic carbocycles. The number of nitrogens with zero attached hydrogens (tertiary/aromatic N) is 8. The number of nitrogens with one attached hydrogen (secondary N) is 1. The maximum atomic E-state index is 13.7. The number of ether oxygens (including phenoxy) is 2. The van der Waals surface area contributed by atoms with Crippen molar-refractivity contribution in [1.29, 1.82) is 0 Å². The van der Waals surface area contributed by atoms with E-state index in [0.29, 0.717) is 43.6 Å². The van der Waals surface area contributed by atoms with Crippen LogP contribution in [0.3, 0.4) is 0 Å². The number of amides is 2. The second-order valence-corrected chi connectivity index (χ2v) is 13.6. The Morgan fingerprint density at radius 2 is 1.89 bits per heavy atom. The minimum absolute atomic E-state index is 0.0838. The molecule has 1 unspecified atom stereocenters. The summed E-state index contributed by atoms with van der Waals surface area (Å²) in [5.74, 6) is 1.12. The van der Waals surface area contributed by atoms with Gasteiger partial charge in [-0.15, -0.1) is 10.2 Å². The number of carbonyl (C=O) groups is 2. The number of pyridine rings is 2. The average Bonchev–Trinajstić information content (AvgIpc) is 3.40. The largest absolute Gasteiger partial charge is 0.474 e. The molecule has 2 amide bonds. The zero-order chi connectivity index (χ0) is 32.7. The Morgan fingerprint density at radius 3 is 2.66 bits per heavy atom. The highest BCUT2D eigenvalue weighted by molar-refractivity contribution is 5.95. The molecule has 7 rings (SSSR count). The van der Waals surface area contributed by atoms with Gasteiger partial charge in [-0.25, -0.2) is 14.3 Å². The predicted octanol–water partition coefficient (Wildman–Crippen LogP) is 4.87. The average molecular weight is 640 g/mol. The van der Waals surface area contributed by atoms with Crippen LogP contribution in [-0.4, -0.2) is 82.2 Å². The van der Waals surface area contributed by atoms with Gasteiger partial charge < -0.3 is 28.8 Å².